The molecule has 0 fully saturated rings. The predicted molar refractivity (Wildman–Crippen MR) is 125 cm³/mol. The monoisotopic (exact) mass is 517 g/mol. The van der Waals surface area contributed by atoms with Crippen LogP contribution in [0.5, 0.6) is 11.5 Å². The van der Waals surface area contributed by atoms with E-state index in [0.717, 1.165) is 5.56 Å². The summed E-state index contributed by atoms with van der Waals surface area (Å²) in [6.45, 7) is 0.192. The number of ether oxygens (including phenoxy) is 2. The number of hydrogen-bond donors (Lipinski definition) is 1. The van der Waals surface area contributed by atoms with E-state index in [2.05, 4.69) is 26.5 Å². The number of carbonyl (C=O) groups is 1. The zero-order valence-electron chi connectivity index (χ0n) is 16.7. The van der Waals surface area contributed by atoms with Gasteiger partial charge in [-0.1, -0.05) is 11.6 Å². The summed E-state index contributed by atoms with van der Waals surface area (Å²) >= 11 is 9.27. The summed E-state index contributed by atoms with van der Waals surface area (Å²) in [5, 5.41) is 15.3. The maximum absolute atomic E-state index is 12.1. The first kappa shape index (κ1) is 23.2. The topological polar surface area (TPSA) is 103 Å². The highest BCUT2D eigenvalue weighted by Gasteiger charge is 2.12. The zero-order valence-corrected chi connectivity index (χ0v) is 19.1. The van der Waals surface area contributed by atoms with Gasteiger partial charge < -0.3 is 9.47 Å². The summed E-state index contributed by atoms with van der Waals surface area (Å²) in [5.74, 6) is 0.548. The Morgan fingerprint density at radius 3 is 2.50 bits per heavy atom. The van der Waals surface area contributed by atoms with Gasteiger partial charge in [0, 0.05) is 22.7 Å². The molecular formula is C22H17BrClN3O5. The van der Waals surface area contributed by atoms with Gasteiger partial charge in [0.05, 0.1) is 22.7 Å². The number of nitrogens with one attached hydrogen (secondary N) is 1. The Bertz CT molecular complexity index is 1150. The Kier molecular flexibility index (Phi) is 7.80. The fourth-order valence-electron chi connectivity index (χ4n) is 2.66. The van der Waals surface area contributed by atoms with Crippen LogP contribution >= 0.6 is 27.5 Å². The van der Waals surface area contributed by atoms with Crippen molar-refractivity contribution in [3.05, 3.63) is 97.0 Å². The zero-order chi connectivity index (χ0) is 23.1. The minimum atomic E-state index is -0.456. The number of non-ortho nitro benzene ring substituents is 1. The van der Waals surface area contributed by atoms with E-state index in [1.54, 1.807) is 48.5 Å². The highest BCUT2D eigenvalue weighted by atomic mass is 79.9. The molecule has 0 aliphatic heterocycles. The van der Waals surface area contributed by atoms with Gasteiger partial charge in [0.15, 0.2) is 11.5 Å². The van der Waals surface area contributed by atoms with Crippen molar-refractivity contribution in [2.45, 2.75) is 6.61 Å². The van der Waals surface area contributed by atoms with Crippen LogP contribution in [0.2, 0.25) is 5.02 Å². The summed E-state index contributed by atoms with van der Waals surface area (Å²) in [4.78, 5) is 22.4. The molecule has 0 radical (unpaired) electrons. The van der Waals surface area contributed by atoms with Crippen LogP contribution in [0.3, 0.4) is 0 Å². The number of benzene rings is 3. The minimum Gasteiger partial charge on any atom is -0.493 e. The molecule has 0 saturated heterocycles. The van der Waals surface area contributed by atoms with E-state index in [9.17, 15) is 14.9 Å². The second-order valence-corrected chi connectivity index (χ2v) is 7.74. The third kappa shape index (κ3) is 6.05. The van der Waals surface area contributed by atoms with Crippen LogP contribution in [-0.4, -0.2) is 24.2 Å². The van der Waals surface area contributed by atoms with Crippen LogP contribution in [0.25, 0.3) is 0 Å². The quantitative estimate of drug-likeness (QED) is 0.246. The summed E-state index contributed by atoms with van der Waals surface area (Å²) in [7, 11) is 1.50. The first-order valence-electron chi connectivity index (χ1n) is 9.20. The Morgan fingerprint density at radius 1 is 1.19 bits per heavy atom. The Morgan fingerprint density at radius 2 is 1.88 bits per heavy atom. The molecule has 3 aromatic carbocycles. The molecule has 0 heterocycles. The number of rotatable bonds is 8. The maximum Gasteiger partial charge on any atom is 0.271 e. The second-order valence-electron chi connectivity index (χ2n) is 6.45. The molecule has 3 rings (SSSR count). The van der Waals surface area contributed by atoms with Gasteiger partial charge in [0.1, 0.15) is 6.61 Å². The van der Waals surface area contributed by atoms with Gasteiger partial charge in [-0.15, -0.1) is 0 Å². The lowest BCUT2D eigenvalue weighted by Crippen LogP contribution is -2.17. The van der Waals surface area contributed by atoms with Crippen LogP contribution in [0.4, 0.5) is 5.69 Å². The van der Waals surface area contributed by atoms with E-state index >= 15 is 0 Å². The molecule has 0 spiro atoms. The number of amides is 1. The lowest BCUT2D eigenvalue weighted by Gasteiger charge is -2.13. The normalized spacial score (nSPS) is 10.7. The van der Waals surface area contributed by atoms with E-state index in [-0.39, 0.29) is 18.2 Å². The number of nitro benzene ring substituents is 1. The highest BCUT2D eigenvalue weighted by Crippen LogP contribution is 2.37. The van der Waals surface area contributed by atoms with E-state index < -0.39 is 4.92 Å². The number of methoxy groups -OCH3 is 1. The molecule has 0 aliphatic carbocycles. The first-order valence-corrected chi connectivity index (χ1v) is 10.4. The number of carbonyl (C=O) groups excluding carboxylic acids is 1. The van der Waals surface area contributed by atoms with Crippen molar-refractivity contribution in [1.82, 2.24) is 5.43 Å². The van der Waals surface area contributed by atoms with E-state index in [1.807, 2.05) is 0 Å². The van der Waals surface area contributed by atoms with Crippen molar-refractivity contribution in [2.24, 2.45) is 5.10 Å². The molecule has 164 valence electrons. The molecule has 0 bridgehead atoms. The van der Waals surface area contributed by atoms with Gasteiger partial charge in [0.25, 0.3) is 11.6 Å². The molecule has 1 amide bonds. The van der Waals surface area contributed by atoms with E-state index in [4.69, 9.17) is 21.1 Å². The molecule has 0 aromatic heterocycles. The molecule has 3 aromatic rings. The summed E-state index contributed by atoms with van der Waals surface area (Å²) in [6.07, 6.45) is 1.47. The molecule has 1 N–H and O–H groups in total. The van der Waals surface area contributed by atoms with Crippen LogP contribution in [0.1, 0.15) is 21.5 Å². The van der Waals surface area contributed by atoms with Gasteiger partial charge in [-0.2, -0.15) is 5.10 Å². The van der Waals surface area contributed by atoms with Crippen LogP contribution in [-0.2, 0) is 6.61 Å². The van der Waals surface area contributed by atoms with E-state index in [1.165, 1.54) is 25.5 Å². The van der Waals surface area contributed by atoms with Crippen molar-refractivity contribution in [3.63, 3.8) is 0 Å². The largest absolute Gasteiger partial charge is 0.493 e. The summed E-state index contributed by atoms with van der Waals surface area (Å²) in [5.41, 5.74) is 4.32. The Labute approximate surface area is 197 Å². The molecule has 10 heteroatoms. The number of nitrogens with zero attached hydrogens (tertiary/aromatic N) is 2. The number of halogens is 2. The molecule has 0 aliphatic rings. The molecule has 0 atom stereocenters. The first-order chi connectivity index (χ1) is 15.4. The molecule has 8 nitrogen and oxygen atoms in total. The van der Waals surface area contributed by atoms with Crippen molar-refractivity contribution in [2.75, 3.05) is 7.11 Å². The van der Waals surface area contributed by atoms with Crippen LogP contribution in [0, 0.1) is 10.1 Å². The second kappa shape index (κ2) is 10.7. The molecular weight excluding hydrogens is 502 g/mol. The SMILES string of the molecule is COc1cc(/C=N\NC(=O)c2ccc(Cl)cc2)cc(Br)c1OCc1ccc([N+](=O)[O-])cc1. The maximum atomic E-state index is 12.1. The van der Waals surface area contributed by atoms with Crippen LogP contribution < -0.4 is 14.9 Å². The summed E-state index contributed by atoms with van der Waals surface area (Å²) < 4.78 is 11.9. The summed E-state index contributed by atoms with van der Waals surface area (Å²) in [6, 6.07) is 16.0. The van der Waals surface area contributed by atoms with Gasteiger partial charge in [0.2, 0.25) is 0 Å². The van der Waals surface area contributed by atoms with Gasteiger partial charge in [-0.3, -0.25) is 14.9 Å². The van der Waals surface area contributed by atoms with E-state index in [0.29, 0.717) is 32.1 Å². The number of hydrazone groups is 1. The highest BCUT2D eigenvalue weighted by molar-refractivity contribution is 9.10. The standard InChI is InChI=1S/C22H17BrClN3O5/c1-31-20-11-15(12-25-26-22(28)16-4-6-17(24)7-5-16)10-19(23)21(20)32-13-14-2-8-18(9-3-14)27(29)30/h2-12H,13H2,1H3,(H,26,28)/b25-12-. The van der Waals surface area contributed by atoms with Crippen molar-refractivity contribution >= 4 is 45.3 Å². The van der Waals surface area contributed by atoms with Gasteiger partial charge in [-0.25, -0.2) is 5.43 Å². The number of nitro groups is 1. The van der Waals surface area contributed by atoms with Crippen molar-refractivity contribution in [3.8, 4) is 11.5 Å². The lowest BCUT2D eigenvalue weighted by molar-refractivity contribution is -0.384. The lowest BCUT2D eigenvalue weighted by atomic mass is 10.2. The van der Waals surface area contributed by atoms with Crippen molar-refractivity contribution < 1.29 is 19.2 Å². The van der Waals surface area contributed by atoms with Crippen molar-refractivity contribution in [1.29, 1.82) is 0 Å². The average Bonchev–Trinajstić information content (AvgIpc) is 2.78. The van der Waals surface area contributed by atoms with Crippen LogP contribution in [0.15, 0.2) is 70.2 Å². The number of hydrogen-bond acceptors (Lipinski definition) is 6. The fourth-order valence-corrected chi connectivity index (χ4v) is 3.36. The van der Waals surface area contributed by atoms with Gasteiger partial charge in [-0.05, 0) is 75.6 Å². The Balaban J connectivity index is 1.67. The van der Waals surface area contributed by atoms with Gasteiger partial charge >= 0.3 is 0 Å². The third-order valence-electron chi connectivity index (χ3n) is 4.27. The Hall–Kier alpha value is -3.43. The molecule has 0 unspecified atom stereocenters. The molecule has 32 heavy (non-hydrogen) atoms. The minimum absolute atomic E-state index is 0.0132. The third-order valence-corrected chi connectivity index (χ3v) is 5.11. The predicted octanol–water partition coefficient (Wildman–Crippen LogP) is 5.36. The smallest absolute Gasteiger partial charge is 0.271 e. The molecule has 0 saturated carbocycles. The fraction of sp³-hybridized carbons (Fsp3) is 0.0909. The average molecular weight is 519 g/mol.